The van der Waals surface area contributed by atoms with Gasteiger partial charge in [0.15, 0.2) is 11.5 Å². The van der Waals surface area contributed by atoms with Crippen LogP contribution >= 0.6 is 0 Å². The summed E-state index contributed by atoms with van der Waals surface area (Å²) in [6, 6.07) is 3.80. The molecule has 4 nitrogen and oxygen atoms in total. The summed E-state index contributed by atoms with van der Waals surface area (Å²) < 4.78 is 10.5. The van der Waals surface area contributed by atoms with E-state index in [-0.39, 0.29) is 0 Å². The molecule has 0 bridgehead atoms. The minimum absolute atomic E-state index is 0.653. The van der Waals surface area contributed by atoms with Crippen molar-refractivity contribution in [3.05, 3.63) is 24.2 Å². The molecule has 0 saturated carbocycles. The molecule has 0 amide bonds. The Morgan fingerprint density at radius 2 is 1.71 bits per heavy atom. The van der Waals surface area contributed by atoms with Crippen molar-refractivity contribution in [1.82, 2.24) is 9.97 Å². The highest BCUT2D eigenvalue weighted by Gasteiger charge is 2.11. The van der Waals surface area contributed by atoms with Crippen molar-refractivity contribution in [2.45, 2.75) is 20.8 Å². The Kier molecular flexibility index (Phi) is 4.69. The summed E-state index contributed by atoms with van der Waals surface area (Å²) in [4.78, 5) is 8.34. The van der Waals surface area contributed by atoms with E-state index in [1.54, 1.807) is 14.2 Å². The van der Waals surface area contributed by atoms with Gasteiger partial charge in [0.05, 0.1) is 14.2 Å². The number of benzene rings is 1. The number of hydrogen-bond donors (Lipinski definition) is 0. The van der Waals surface area contributed by atoms with Crippen LogP contribution in [-0.2, 0) is 0 Å². The number of aromatic nitrogens is 2. The quantitative estimate of drug-likeness (QED) is 0.801. The van der Waals surface area contributed by atoms with Crippen LogP contribution in [0.4, 0.5) is 0 Å². The molecule has 0 aliphatic rings. The van der Waals surface area contributed by atoms with E-state index in [9.17, 15) is 0 Å². The van der Waals surface area contributed by atoms with Gasteiger partial charge in [-0.1, -0.05) is 13.8 Å². The molecule has 0 aliphatic carbocycles. The first-order chi connectivity index (χ1) is 8.27. The van der Waals surface area contributed by atoms with E-state index in [1.807, 2.05) is 32.9 Å². The molecule has 0 spiro atoms. The van der Waals surface area contributed by atoms with Crippen molar-refractivity contribution < 1.29 is 9.47 Å². The van der Waals surface area contributed by atoms with E-state index in [2.05, 4.69) is 9.97 Å². The molecule has 92 valence electrons. The highest BCUT2D eigenvalue weighted by atomic mass is 16.5. The first kappa shape index (κ1) is 13.2. The molecule has 1 aromatic carbocycles. The topological polar surface area (TPSA) is 44.2 Å². The predicted molar refractivity (Wildman–Crippen MR) is 68.7 cm³/mol. The summed E-state index contributed by atoms with van der Waals surface area (Å²) in [5, 5.41) is 0.982. The molecule has 17 heavy (non-hydrogen) atoms. The van der Waals surface area contributed by atoms with E-state index in [0.717, 1.165) is 16.6 Å². The molecule has 0 radical (unpaired) electrons. The Hall–Kier alpha value is -1.84. The zero-order valence-corrected chi connectivity index (χ0v) is 10.9. The third-order valence-corrected chi connectivity index (χ3v) is 2.35. The highest BCUT2D eigenvalue weighted by Crippen LogP contribution is 2.34. The first-order valence-electron chi connectivity index (χ1n) is 5.60. The first-order valence-corrected chi connectivity index (χ1v) is 5.60. The normalized spacial score (nSPS) is 9.47. The minimum atomic E-state index is 0.653. The number of hydrogen-bond acceptors (Lipinski definition) is 4. The van der Waals surface area contributed by atoms with Gasteiger partial charge < -0.3 is 9.47 Å². The Balaban J connectivity index is 0.000000686. The number of ether oxygens (including phenoxy) is 2. The maximum absolute atomic E-state index is 5.29. The lowest BCUT2D eigenvalue weighted by atomic mass is 10.1. The summed E-state index contributed by atoms with van der Waals surface area (Å²) in [7, 11) is 3.21. The van der Waals surface area contributed by atoms with Gasteiger partial charge in [0.2, 0.25) is 0 Å². The summed E-state index contributed by atoms with van der Waals surface area (Å²) in [5.41, 5.74) is 1.71. The Bertz CT molecular complexity index is 498. The maximum atomic E-state index is 5.29. The van der Waals surface area contributed by atoms with Crippen LogP contribution in [0.3, 0.4) is 0 Å². The van der Waals surface area contributed by atoms with Gasteiger partial charge in [0.1, 0.15) is 11.8 Å². The van der Waals surface area contributed by atoms with Crippen LogP contribution in [0.15, 0.2) is 18.5 Å². The van der Waals surface area contributed by atoms with E-state index in [4.69, 9.17) is 9.47 Å². The number of fused-ring (bicyclic) bond motifs is 1. The van der Waals surface area contributed by atoms with Gasteiger partial charge >= 0.3 is 0 Å². The predicted octanol–water partition coefficient (Wildman–Crippen LogP) is 2.98. The van der Waals surface area contributed by atoms with Crippen molar-refractivity contribution in [2.75, 3.05) is 14.2 Å². The third kappa shape index (κ3) is 2.46. The van der Waals surface area contributed by atoms with Crippen molar-refractivity contribution in [3.63, 3.8) is 0 Å². The molecule has 0 unspecified atom stereocenters. The molecule has 0 saturated heterocycles. The Morgan fingerprint density at radius 1 is 1.00 bits per heavy atom. The molecule has 2 rings (SSSR count). The molecule has 0 atom stereocenters. The number of aryl methyl sites for hydroxylation is 1. The summed E-state index contributed by atoms with van der Waals surface area (Å²) in [5.74, 6) is 1.34. The molecule has 0 fully saturated rings. The van der Waals surface area contributed by atoms with Gasteiger partial charge in [-0.05, 0) is 19.1 Å². The van der Waals surface area contributed by atoms with Crippen molar-refractivity contribution >= 4 is 10.9 Å². The molecular weight excluding hydrogens is 216 g/mol. The standard InChI is InChI=1S/C11H12N2O2.C2H6/c1-7-8-4-5-9(14-2)11(15-3)10(8)13-6-12-7;1-2/h4-6H,1-3H3;1-2H3. The van der Waals surface area contributed by atoms with Gasteiger partial charge in [0, 0.05) is 11.1 Å². The molecule has 1 heterocycles. The average Bonchev–Trinajstić information content (AvgIpc) is 2.40. The smallest absolute Gasteiger partial charge is 0.187 e. The molecular formula is C13H18N2O2. The fourth-order valence-electron chi connectivity index (χ4n) is 1.57. The fraction of sp³-hybridized carbons (Fsp3) is 0.385. The maximum Gasteiger partial charge on any atom is 0.187 e. The lowest BCUT2D eigenvalue weighted by molar-refractivity contribution is 0.358. The highest BCUT2D eigenvalue weighted by molar-refractivity contribution is 5.88. The van der Waals surface area contributed by atoms with Crippen molar-refractivity contribution in [1.29, 1.82) is 0 Å². The molecule has 4 heteroatoms. The van der Waals surface area contributed by atoms with Gasteiger partial charge in [-0.15, -0.1) is 0 Å². The lowest BCUT2D eigenvalue weighted by Gasteiger charge is -2.10. The van der Waals surface area contributed by atoms with Crippen molar-refractivity contribution in [3.8, 4) is 11.5 Å². The molecule has 0 N–H and O–H groups in total. The fourth-order valence-corrected chi connectivity index (χ4v) is 1.57. The van der Waals surface area contributed by atoms with Crippen LogP contribution in [-0.4, -0.2) is 24.2 Å². The molecule has 0 aliphatic heterocycles. The average molecular weight is 234 g/mol. The number of nitrogens with zero attached hydrogens (tertiary/aromatic N) is 2. The summed E-state index contributed by atoms with van der Waals surface area (Å²) >= 11 is 0. The van der Waals surface area contributed by atoms with Crippen LogP contribution in [0, 0.1) is 6.92 Å². The van der Waals surface area contributed by atoms with Gasteiger partial charge in [0.25, 0.3) is 0 Å². The van der Waals surface area contributed by atoms with Crippen LogP contribution in [0.1, 0.15) is 19.5 Å². The SMILES string of the molecule is CC.COc1ccc2c(C)ncnc2c1OC. The molecule has 2 aromatic rings. The lowest BCUT2D eigenvalue weighted by Crippen LogP contribution is -1.95. The second-order valence-corrected chi connectivity index (χ2v) is 3.16. The molecule has 1 aromatic heterocycles. The monoisotopic (exact) mass is 234 g/mol. The van der Waals surface area contributed by atoms with E-state index in [0.29, 0.717) is 11.5 Å². The minimum Gasteiger partial charge on any atom is -0.493 e. The van der Waals surface area contributed by atoms with Gasteiger partial charge in [-0.2, -0.15) is 0 Å². The van der Waals surface area contributed by atoms with Crippen LogP contribution in [0.5, 0.6) is 11.5 Å². The Morgan fingerprint density at radius 3 is 2.29 bits per heavy atom. The van der Waals surface area contributed by atoms with Crippen LogP contribution in [0.2, 0.25) is 0 Å². The summed E-state index contributed by atoms with van der Waals surface area (Å²) in [6.07, 6.45) is 1.53. The number of rotatable bonds is 2. The zero-order valence-electron chi connectivity index (χ0n) is 10.9. The third-order valence-electron chi connectivity index (χ3n) is 2.35. The van der Waals surface area contributed by atoms with Gasteiger partial charge in [-0.25, -0.2) is 9.97 Å². The second-order valence-electron chi connectivity index (χ2n) is 3.16. The summed E-state index contributed by atoms with van der Waals surface area (Å²) in [6.45, 7) is 5.94. The van der Waals surface area contributed by atoms with E-state index >= 15 is 0 Å². The van der Waals surface area contributed by atoms with E-state index < -0.39 is 0 Å². The second kappa shape index (κ2) is 6.03. The Labute approximate surface area is 102 Å². The van der Waals surface area contributed by atoms with Gasteiger partial charge in [-0.3, -0.25) is 0 Å². The van der Waals surface area contributed by atoms with Crippen molar-refractivity contribution in [2.24, 2.45) is 0 Å². The van der Waals surface area contributed by atoms with E-state index in [1.165, 1.54) is 6.33 Å². The van der Waals surface area contributed by atoms with Crippen LogP contribution < -0.4 is 9.47 Å². The zero-order chi connectivity index (χ0) is 12.8. The largest absolute Gasteiger partial charge is 0.493 e. The van der Waals surface area contributed by atoms with Crippen LogP contribution in [0.25, 0.3) is 10.9 Å². The number of methoxy groups -OCH3 is 2.